The third-order valence-electron chi connectivity index (χ3n) is 6.38. The molecule has 0 saturated carbocycles. The third kappa shape index (κ3) is 4.79. The van der Waals surface area contributed by atoms with Gasteiger partial charge in [0, 0.05) is 31.6 Å². The number of carbonyl (C=O) groups excluding carboxylic acids is 2. The second-order valence-electron chi connectivity index (χ2n) is 8.39. The molecule has 32 heavy (non-hydrogen) atoms. The minimum atomic E-state index is -0.100. The fraction of sp³-hybridized carbons (Fsp3) is 0.583. The van der Waals surface area contributed by atoms with Gasteiger partial charge in [0.1, 0.15) is 5.82 Å². The Bertz CT molecular complexity index is 950. The number of rotatable bonds is 6. The number of hydrogen-bond donors (Lipinski definition) is 0. The Morgan fingerprint density at radius 3 is 1.94 bits per heavy atom. The summed E-state index contributed by atoms with van der Waals surface area (Å²) in [4.78, 5) is 38.4. The SMILES string of the molecule is CCOC(=O)C1CCN(c2nc(N3CCC(C(=O)OCC)CC3)c3ccccc3n2)CC1. The highest BCUT2D eigenvalue weighted by molar-refractivity contribution is 5.90. The Morgan fingerprint density at radius 1 is 0.844 bits per heavy atom. The second kappa shape index (κ2) is 10.1. The minimum absolute atomic E-state index is 0.0410. The largest absolute Gasteiger partial charge is 0.466 e. The lowest BCUT2D eigenvalue weighted by Gasteiger charge is -2.34. The Balaban J connectivity index is 1.52. The van der Waals surface area contributed by atoms with E-state index >= 15 is 0 Å². The van der Waals surface area contributed by atoms with Crippen LogP contribution in [0.15, 0.2) is 24.3 Å². The molecule has 0 radical (unpaired) electrons. The van der Waals surface area contributed by atoms with Crippen molar-refractivity contribution in [2.24, 2.45) is 11.8 Å². The van der Waals surface area contributed by atoms with Gasteiger partial charge in [0.15, 0.2) is 0 Å². The van der Waals surface area contributed by atoms with Crippen LogP contribution in [0.1, 0.15) is 39.5 Å². The third-order valence-corrected chi connectivity index (χ3v) is 6.38. The van der Waals surface area contributed by atoms with Crippen molar-refractivity contribution >= 4 is 34.6 Å². The van der Waals surface area contributed by atoms with E-state index in [0.717, 1.165) is 68.6 Å². The first-order valence-corrected chi connectivity index (χ1v) is 11.7. The van der Waals surface area contributed by atoms with Gasteiger partial charge in [-0.1, -0.05) is 12.1 Å². The van der Waals surface area contributed by atoms with Gasteiger partial charge >= 0.3 is 11.9 Å². The van der Waals surface area contributed by atoms with Gasteiger partial charge in [-0.25, -0.2) is 4.98 Å². The first-order chi connectivity index (χ1) is 15.6. The lowest BCUT2D eigenvalue weighted by Crippen LogP contribution is -2.39. The van der Waals surface area contributed by atoms with Gasteiger partial charge in [0.2, 0.25) is 5.95 Å². The van der Waals surface area contributed by atoms with Gasteiger partial charge in [-0.2, -0.15) is 4.98 Å². The Kier molecular flexibility index (Phi) is 7.07. The molecule has 1 aromatic heterocycles. The van der Waals surface area contributed by atoms with Gasteiger partial charge in [0.25, 0.3) is 0 Å². The summed E-state index contributed by atoms with van der Waals surface area (Å²) in [6, 6.07) is 8.06. The van der Waals surface area contributed by atoms with Gasteiger partial charge in [-0.15, -0.1) is 0 Å². The molecule has 0 unspecified atom stereocenters. The molecule has 172 valence electrons. The van der Waals surface area contributed by atoms with Crippen LogP contribution in [-0.4, -0.2) is 61.3 Å². The zero-order valence-corrected chi connectivity index (χ0v) is 19.0. The standard InChI is InChI=1S/C24H32N4O4/c1-3-31-22(29)17-9-13-27(14-10-17)21-19-7-5-6-8-20(19)25-24(26-21)28-15-11-18(12-16-28)23(30)32-4-2/h5-8,17-18H,3-4,9-16H2,1-2H3. The molecule has 8 heteroatoms. The molecular weight excluding hydrogens is 408 g/mol. The number of hydrogen-bond acceptors (Lipinski definition) is 8. The predicted octanol–water partition coefficient (Wildman–Crippen LogP) is 3.19. The van der Waals surface area contributed by atoms with Crippen LogP contribution in [0, 0.1) is 11.8 Å². The van der Waals surface area contributed by atoms with Crippen molar-refractivity contribution < 1.29 is 19.1 Å². The topological polar surface area (TPSA) is 84.9 Å². The van der Waals surface area contributed by atoms with Crippen LogP contribution >= 0.6 is 0 Å². The van der Waals surface area contributed by atoms with Crippen molar-refractivity contribution in [3.05, 3.63) is 24.3 Å². The summed E-state index contributed by atoms with van der Waals surface area (Å²) in [5.41, 5.74) is 0.910. The number of ether oxygens (including phenoxy) is 2. The summed E-state index contributed by atoms with van der Waals surface area (Å²) >= 11 is 0. The molecular formula is C24H32N4O4. The summed E-state index contributed by atoms with van der Waals surface area (Å²) in [7, 11) is 0. The van der Waals surface area contributed by atoms with Crippen molar-refractivity contribution in [2.45, 2.75) is 39.5 Å². The fourth-order valence-electron chi connectivity index (χ4n) is 4.59. The van der Waals surface area contributed by atoms with Gasteiger partial charge in [0.05, 0.1) is 30.6 Å². The maximum Gasteiger partial charge on any atom is 0.309 e. The van der Waals surface area contributed by atoms with E-state index in [2.05, 4.69) is 15.9 Å². The molecule has 2 aromatic rings. The van der Waals surface area contributed by atoms with Crippen LogP contribution in [0.3, 0.4) is 0 Å². The number of aromatic nitrogens is 2. The van der Waals surface area contributed by atoms with Crippen molar-refractivity contribution in [3.8, 4) is 0 Å². The van der Waals surface area contributed by atoms with Gasteiger partial charge in [-0.05, 0) is 51.7 Å². The average Bonchev–Trinajstić information content (AvgIpc) is 2.84. The molecule has 2 aliphatic heterocycles. The van der Waals surface area contributed by atoms with E-state index in [1.807, 2.05) is 32.0 Å². The summed E-state index contributed by atoms with van der Waals surface area (Å²) in [6.07, 6.45) is 3.01. The van der Waals surface area contributed by atoms with E-state index in [1.165, 1.54) is 0 Å². The summed E-state index contributed by atoms with van der Waals surface area (Å²) < 4.78 is 10.4. The van der Waals surface area contributed by atoms with E-state index in [1.54, 1.807) is 0 Å². The Morgan fingerprint density at radius 2 is 1.38 bits per heavy atom. The van der Waals surface area contributed by atoms with Crippen molar-refractivity contribution in [2.75, 3.05) is 49.2 Å². The van der Waals surface area contributed by atoms with Crippen molar-refractivity contribution in [1.82, 2.24) is 9.97 Å². The molecule has 0 atom stereocenters. The Labute approximate surface area is 188 Å². The fourth-order valence-corrected chi connectivity index (χ4v) is 4.59. The van der Waals surface area contributed by atoms with Crippen LogP contribution in [-0.2, 0) is 19.1 Å². The monoisotopic (exact) mass is 440 g/mol. The molecule has 0 N–H and O–H groups in total. The van der Waals surface area contributed by atoms with E-state index < -0.39 is 0 Å². The van der Waals surface area contributed by atoms with E-state index in [-0.39, 0.29) is 23.8 Å². The molecule has 8 nitrogen and oxygen atoms in total. The van der Waals surface area contributed by atoms with Crippen molar-refractivity contribution in [3.63, 3.8) is 0 Å². The predicted molar refractivity (Wildman–Crippen MR) is 123 cm³/mol. The molecule has 0 aliphatic carbocycles. The summed E-state index contributed by atoms with van der Waals surface area (Å²) in [5.74, 6) is 1.34. The number of benzene rings is 1. The van der Waals surface area contributed by atoms with E-state index in [9.17, 15) is 9.59 Å². The average molecular weight is 441 g/mol. The lowest BCUT2D eigenvalue weighted by molar-refractivity contribution is -0.149. The number of fused-ring (bicyclic) bond motifs is 1. The van der Waals surface area contributed by atoms with Crippen LogP contribution in [0.25, 0.3) is 10.9 Å². The zero-order valence-electron chi connectivity index (χ0n) is 19.0. The van der Waals surface area contributed by atoms with Crippen LogP contribution in [0.2, 0.25) is 0 Å². The molecule has 3 heterocycles. The van der Waals surface area contributed by atoms with E-state index in [4.69, 9.17) is 19.4 Å². The number of piperidine rings is 2. The molecule has 2 fully saturated rings. The first kappa shape index (κ1) is 22.3. The number of esters is 2. The van der Waals surface area contributed by atoms with Crippen LogP contribution in [0.5, 0.6) is 0 Å². The maximum absolute atomic E-state index is 12.1. The van der Waals surface area contributed by atoms with Crippen LogP contribution < -0.4 is 9.80 Å². The molecule has 2 saturated heterocycles. The molecule has 1 aromatic carbocycles. The minimum Gasteiger partial charge on any atom is -0.466 e. The first-order valence-electron chi connectivity index (χ1n) is 11.7. The molecule has 0 amide bonds. The normalized spacial score (nSPS) is 18.1. The zero-order chi connectivity index (χ0) is 22.5. The molecule has 4 rings (SSSR count). The highest BCUT2D eigenvalue weighted by Crippen LogP contribution is 2.31. The highest BCUT2D eigenvalue weighted by atomic mass is 16.5. The lowest BCUT2D eigenvalue weighted by atomic mass is 9.96. The van der Waals surface area contributed by atoms with Crippen LogP contribution in [0.4, 0.5) is 11.8 Å². The summed E-state index contributed by atoms with van der Waals surface area (Å²) in [6.45, 7) is 7.50. The molecule has 0 spiro atoms. The van der Waals surface area contributed by atoms with Gasteiger partial charge in [-0.3, -0.25) is 9.59 Å². The highest BCUT2D eigenvalue weighted by Gasteiger charge is 2.30. The summed E-state index contributed by atoms with van der Waals surface area (Å²) in [5, 5.41) is 1.02. The Hall–Kier alpha value is -2.90. The van der Waals surface area contributed by atoms with Gasteiger partial charge < -0.3 is 19.3 Å². The number of para-hydroxylation sites is 1. The number of anilines is 2. The molecule has 0 bridgehead atoms. The van der Waals surface area contributed by atoms with E-state index in [0.29, 0.717) is 19.2 Å². The number of carbonyl (C=O) groups is 2. The van der Waals surface area contributed by atoms with Crippen molar-refractivity contribution in [1.29, 1.82) is 0 Å². The smallest absolute Gasteiger partial charge is 0.309 e. The second-order valence-corrected chi connectivity index (χ2v) is 8.39. The maximum atomic E-state index is 12.1. The molecule has 2 aliphatic rings. The number of nitrogens with zero attached hydrogens (tertiary/aromatic N) is 4. The quantitative estimate of drug-likeness (QED) is 0.633.